The molecule has 0 saturated carbocycles. The smallest absolute Gasteiger partial charge is 0.223 e. The summed E-state index contributed by atoms with van der Waals surface area (Å²) in [5.74, 6) is 0.597. The van der Waals surface area contributed by atoms with Crippen LogP contribution in [-0.4, -0.2) is 15.7 Å². The van der Waals surface area contributed by atoms with Crippen LogP contribution in [-0.2, 0) is 0 Å². The second-order valence-corrected chi connectivity index (χ2v) is 10.3. The highest BCUT2D eigenvalue weighted by molar-refractivity contribution is 9.10. The van der Waals surface area contributed by atoms with E-state index in [4.69, 9.17) is 15.1 Å². The van der Waals surface area contributed by atoms with Gasteiger partial charge >= 0.3 is 0 Å². The number of anilines is 1. The summed E-state index contributed by atoms with van der Waals surface area (Å²) in [6, 6.07) is 35.1. The molecule has 0 radical (unpaired) electrons. The van der Waals surface area contributed by atoms with Crippen LogP contribution in [0.3, 0.4) is 0 Å². The largest absolute Gasteiger partial charge is 0.247 e. The molecule has 0 aliphatic carbocycles. The zero-order valence-corrected chi connectivity index (χ0v) is 21.8. The van der Waals surface area contributed by atoms with Crippen LogP contribution < -0.4 is 5.01 Å². The minimum atomic E-state index is -0.0177. The molecule has 35 heavy (non-hydrogen) atoms. The predicted octanol–water partition coefficient (Wildman–Crippen LogP) is 8.18. The highest BCUT2D eigenvalue weighted by Gasteiger charge is 2.32. The third kappa shape index (κ3) is 4.40. The van der Waals surface area contributed by atoms with Gasteiger partial charge in [0, 0.05) is 26.3 Å². The van der Waals surface area contributed by atoms with Crippen molar-refractivity contribution in [1.29, 1.82) is 0 Å². The molecule has 1 aliphatic heterocycles. The summed E-state index contributed by atoms with van der Waals surface area (Å²) in [5, 5.41) is 8.09. The van der Waals surface area contributed by atoms with Crippen LogP contribution in [0.4, 0.5) is 5.95 Å². The number of halogens is 2. The maximum absolute atomic E-state index is 5.08. The summed E-state index contributed by atoms with van der Waals surface area (Å²) < 4.78 is 2.09. The van der Waals surface area contributed by atoms with Crippen LogP contribution in [0.5, 0.6) is 0 Å². The summed E-state index contributed by atoms with van der Waals surface area (Å²) in [5.41, 5.74) is 6.14. The average Bonchev–Trinajstić information content (AvgIpc) is 3.35. The molecule has 0 bridgehead atoms. The Labute approximate surface area is 220 Å². The quantitative estimate of drug-likeness (QED) is 0.214. The standard InChI is InChI=1S/C29H20Br2N4/c30-22-15-13-19(14-16-22)26-18-27(21-9-6-10-23(31)17-21)35(34-26)29-32-25-12-5-4-11-24(25)28(33-29)20-7-2-1-3-8-20/h1-17,27H,18H2. The SMILES string of the molecule is Brc1ccc(C2=NN(c3nc(-c4ccccc4)c4ccccc4n3)C(c3cccc(Br)c3)C2)cc1. The van der Waals surface area contributed by atoms with Crippen LogP contribution in [0.2, 0.25) is 0 Å². The lowest BCUT2D eigenvalue weighted by Gasteiger charge is -2.23. The normalized spacial score (nSPS) is 15.4. The molecule has 0 spiro atoms. The molecule has 0 amide bonds. The van der Waals surface area contributed by atoms with E-state index in [1.807, 2.05) is 47.5 Å². The molecular weight excluding hydrogens is 564 g/mol. The van der Waals surface area contributed by atoms with Crippen molar-refractivity contribution < 1.29 is 0 Å². The molecule has 4 aromatic carbocycles. The Kier molecular flexibility index (Phi) is 5.92. The minimum absolute atomic E-state index is 0.0177. The molecule has 0 N–H and O–H groups in total. The lowest BCUT2D eigenvalue weighted by molar-refractivity contribution is 0.688. The molecular formula is C29H20Br2N4. The fraction of sp³-hybridized carbons (Fsp3) is 0.0690. The zero-order valence-electron chi connectivity index (χ0n) is 18.6. The lowest BCUT2D eigenvalue weighted by Crippen LogP contribution is -2.21. The van der Waals surface area contributed by atoms with Gasteiger partial charge in [0.05, 0.1) is 23.0 Å². The summed E-state index contributed by atoms with van der Waals surface area (Å²) in [6.07, 6.45) is 0.759. The number of hydrazone groups is 1. The summed E-state index contributed by atoms with van der Waals surface area (Å²) >= 11 is 7.17. The molecule has 6 heteroatoms. The molecule has 1 atom stereocenters. The molecule has 0 saturated heterocycles. The van der Waals surface area contributed by atoms with Gasteiger partial charge in [-0.2, -0.15) is 5.10 Å². The second kappa shape index (κ2) is 9.36. The molecule has 2 heterocycles. The first-order chi connectivity index (χ1) is 17.2. The van der Waals surface area contributed by atoms with E-state index in [-0.39, 0.29) is 6.04 Å². The first-order valence-electron chi connectivity index (χ1n) is 11.4. The molecule has 0 fully saturated rings. The second-order valence-electron chi connectivity index (χ2n) is 8.43. The van der Waals surface area contributed by atoms with Gasteiger partial charge in [-0.25, -0.2) is 15.0 Å². The Balaban J connectivity index is 1.53. The Hall–Kier alpha value is -3.35. The minimum Gasteiger partial charge on any atom is -0.223 e. The summed E-state index contributed by atoms with van der Waals surface area (Å²) in [6.45, 7) is 0. The molecule has 1 aromatic heterocycles. The Bertz CT molecular complexity index is 1550. The van der Waals surface area contributed by atoms with Crippen molar-refractivity contribution in [3.8, 4) is 11.3 Å². The number of aromatic nitrogens is 2. The van der Waals surface area contributed by atoms with E-state index >= 15 is 0 Å². The predicted molar refractivity (Wildman–Crippen MR) is 150 cm³/mol. The van der Waals surface area contributed by atoms with Gasteiger partial charge in [-0.3, -0.25) is 0 Å². The van der Waals surface area contributed by atoms with Crippen molar-refractivity contribution in [2.75, 3.05) is 5.01 Å². The van der Waals surface area contributed by atoms with Crippen molar-refractivity contribution in [1.82, 2.24) is 9.97 Å². The van der Waals surface area contributed by atoms with E-state index in [0.717, 1.165) is 54.4 Å². The van der Waals surface area contributed by atoms with E-state index in [2.05, 4.69) is 92.5 Å². The van der Waals surface area contributed by atoms with Crippen molar-refractivity contribution in [3.05, 3.63) is 123 Å². The van der Waals surface area contributed by atoms with Gasteiger partial charge in [0.2, 0.25) is 5.95 Å². The van der Waals surface area contributed by atoms with Crippen molar-refractivity contribution >= 4 is 54.4 Å². The lowest BCUT2D eigenvalue weighted by atomic mass is 9.98. The molecule has 5 aromatic rings. The average molecular weight is 584 g/mol. The van der Waals surface area contributed by atoms with Crippen LogP contribution in [0.1, 0.15) is 23.6 Å². The number of nitrogens with zero attached hydrogens (tertiary/aromatic N) is 4. The van der Waals surface area contributed by atoms with Gasteiger partial charge in [0.1, 0.15) is 0 Å². The van der Waals surface area contributed by atoms with Gasteiger partial charge in [-0.05, 0) is 41.5 Å². The monoisotopic (exact) mass is 582 g/mol. The summed E-state index contributed by atoms with van der Waals surface area (Å²) in [7, 11) is 0. The Morgan fingerprint density at radius 1 is 0.686 bits per heavy atom. The molecule has 1 aliphatic rings. The van der Waals surface area contributed by atoms with Gasteiger partial charge in [-0.1, -0.05) is 105 Å². The molecule has 4 nitrogen and oxygen atoms in total. The van der Waals surface area contributed by atoms with Gasteiger partial charge in [0.15, 0.2) is 0 Å². The molecule has 6 rings (SSSR count). The van der Waals surface area contributed by atoms with E-state index in [0.29, 0.717) is 5.95 Å². The van der Waals surface area contributed by atoms with Crippen LogP contribution in [0, 0.1) is 0 Å². The Morgan fingerprint density at radius 3 is 2.26 bits per heavy atom. The fourth-order valence-electron chi connectivity index (χ4n) is 4.47. The maximum atomic E-state index is 5.08. The first-order valence-corrected chi connectivity index (χ1v) is 12.9. The zero-order chi connectivity index (χ0) is 23.8. The van der Waals surface area contributed by atoms with Crippen molar-refractivity contribution in [3.63, 3.8) is 0 Å². The van der Waals surface area contributed by atoms with E-state index in [1.54, 1.807) is 0 Å². The maximum Gasteiger partial charge on any atom is 0.247 e. The number of hydrogen-bond acceptors (Lipinski definition) is 4. The van der Waals surface area contributed by atoms with Gasteiger partial charge < -0.3 is 0 Å². The van der Waals surface area contributed by atoms with Crippen LogP contribution in [0.15, 0.2) is 117 Å². The number of benzene rings is 4. The van der Waals surface area contributed by atoms with Crippen LogP contribution >= 0.6 is 31.9 Å². The Morgan fingerprint density at radius 2 is 1.46 bits per heavy atom. The van der Waals surface area contributed by atoms with Crippen molar-refractivity contribution in [2.24, 2.45) is 5.10 Å². The van der Waals surface area contributed by atoms with Gasteiger partial charge in [0.25, 0.3) is 0 Å². The van der Waals surface area contributed by atoms with E-state index < -0.39 is 0 Å². The number of para-hydroxylation sites is 1. The topological polar surface area (TPSA) is 41.4 Å². The third-order valence-corrected chi connectivity index (χ3v) is 7.19. The van der Waals surface area contributed by atoms with Crippen molar-refractivity contribution in [2.45, 2.75) is 12.5 Å². The molecule has 1 unspecified atom stereocenters. The van der Waals surface area contributed by atoms with E-state index in [1.165, 1.54) is 0 Å². The first kappa shape index (κ1) is 22.1. The van der Waals surface area contributed by atoms with Crippen LogP contribution in [0.25, 0.3) is 22.2 Å². The summed E-state index contributed by atoms with van der Waals surface area (Å²) in [4.78, 5) is 10.1. The van der Waals surface area contributed by atoms with E-state index in [9.17, 15) is 0 Å². The third-order valence-electron chi connectivity index (χ3n) is 6.16. The van der Waals surface area contributed by atoms with Gasteiger partial charge in [-0.15, -0.1) is 0 Å². The highest BCUT2D eigenvalue weighted by Crippen LogP contribution is 2.38. The fourth-order valence-corrected chi connectivity index (χ4v) is 5.15. The highest BCUT2D eigenvalue weighted by atomic mass is 79.9. The molecule has 170 valence electrons. The number of fused-ring (bicyclic) bond motifs is 1. The number of hydrogen-bond donors (Lipinski definition) is 0. The number of rotatable bonds is 4.